The fraction of sp³-hybridized carbons (Fsp3) is 0.625. The van der Waals surface area contributed by atoms with Crippen molar-refractivity contribution in [3.63, 3.8) is 0 Å². The third-order valence-corrected chi connectivity index (χ3v) is 4.38. The van der Waals surface area contributed by atoms with E-state index in [4.69, 9.17) is 9.47 Å². The average Bonchev–Trinajstić information content (AvgIpc) is 3.01. The summed E-state index contributed by atoms with van der Waals surface area (Å²) < 4.78 is 24.7. The van der Waals surface area contributed by atoms with Crippen LogP contribution in [0.4, 0.5) is 4.39 Å². The number of halogens is 1. The lowest BCUT2D eigenvalue weighted by molar-refractivity contribution is -0.00136. The second-order valence-corrected chi connectivity index (χ2v) is 5.74. The van der Waals surface area contributed by atoms with E-state index in [9.17, 15) is 4.39 Å². The molecular weight excluding hydrogens is 257 g/mol. The Hall–Kier alpha value is -1.13. The molecule has 1 aromatic carbocycles. The second-order valence-electron chi connectivity index (χ2n) is 5.74. The van der Waals surface area contributed by atoms with Gasteiger partial charge >= 0.3 is 0 Å². The molecule has 0 amide bonds. The molecule has 20 heavy (non-hydrogen) atoms. The summed E-state index contributed by atoms with van der Waals surface area (Å²) >= 11 is 0. The van der Waals surface area contributed by atoms with Gasteiger partial charge in [-0.2, -0.15) is 0 Å². The minimum atomic E-state index is -0.220. The lowest BCUT2D eigenvalue weighted by Gasteiger charge is -2.34. The molecule has 1 unspecified atom stereocenters. The van der Waals surface area contributed by atoms with Gasteiger partial charge in [0.1, 0.15) is 17.7 Å². The quantitative estimate of drug-likeness (QED) is 0.919. The Morgan fingerprint density at radius 1 is 1.10 bits per heavy atom. The zero-order valence-corrected chi connectivity index (χ0v) is 11.7. The summed E-state index contributed by atoms with van der Waals surface area (Å²) in [5, 5.41) is 3.42. The van der Waals surface area contributed by atoms with Gasteiger partial charge in [0.2, 0.25) is 0 Å². The number of benzene rings is 1. The number of hydrogen-bond acceptors (Lipinski definition) is 3. The van der Waals surface area contributed by atoms with E-state index < -0.39 is 0 Å². The third-order valence-electron chi connectivity index (χ3n) is 4.38. The van der Waals surface area contributed by atoms with Crippen LogP contribution in [-0.2, 0) is 4.74 Å². The van der Waals surface area contributed by atoms with Crippen LogP contribution in [0.1, 0.15) is 19.3 Å². The van der Waals surface area contributed by atoms with Crippen molar-refractivity contribution >= 4 is 0 Å². The van der Waals surface area contributed by atoms with Crippen LogP contribution in [-0.4, -0.2) is 32.4 Å². The van der Waals surface area contributed by atoms with Crippen molar-refractivity contribution in [3.8, 4) is 5.75 Å². The Bertz CT molecular complexity index is 411. The monoisotopic (exact) mass is 279 g/mol. The standard InChI is InChI=1S/C16H22FNO2/c17-14-1-3-15(4-2-14)20-16(13-5-8-18-11-13)12-6-9-19-10-7-12/h1-4,12-13,16,18H,5-11H2/t13?,16-/m1/s1. The molecule has 2 saturated heterocycles. The summed E-state index contributed by atoms with van der Waals surface area (Å²) in [4.78, 5) is 0. The van der Waals surface area contributed by atoms with Crippen LogP contribution in [0, 0.1) is 17.7 Å². The van der Waals surface area contributed by atoms with Crippen LogP contribution in [0.5, 0.6) is 5.75 Å². The van der Waals surface area contributed by atoms with Gasteiger partial charge in [-0.25, -0.2) is 4.39 Å². The van der Waals surface area contributed by atoms with Gasteiger partial charge in [-0.05, 0) is 50.1 Å². The topological polar surface area (TPSA) is 30.5 Å². The molecule has 0 aromatic heterocycles. The highest BCUT2D eigenvalue weighted by Gasteiger charge is 2.34. The maximum atomic E-state index is 13.0. The molecule has 3 nitrogen and oxygen atoms in total. The predicted octanol–water partition coefficient (Wildman–Crippen LogP) is 2.61. The van der Waals surface area contributed by atoms with E-state index in [0.717, 1.165) is 51.3 Å². The van der Waals surface area contributed by atoms with E-state index in [1.54, 1.807) is 12.1 Å². The molecule has 0 aliphatic carbocycles. The minimum Gasteiger partial charge on any atom is -0.490 e. The first-order chi connectivity index (χ1) is 9.83. The maximum Gasteiger partial charge on any atom is 0.123 e. The number of rotatable bonds is 4. The van der Waals surface area contributed by atoms with Gasteiger partial charge in [-0.1, -0.05) is 0 Å². The highest BCUT2D eigenvalue weighted by Crippen LogP contribution is 2.30. The van der Waals surface area contributed by atoms with E-state index in [1.165, 1.54) is 12.1 Å². The van der Waals surface area contributed by atoms with Crippen LogP contribution in [0.25, 0.3) is 0 Å². The summed E-state index contributed by atoms with van der Waals surface area (Å²) in [6, 6.07) is 6.38. The normalized spacial score (nSPS) is 25.6. The average molecular weight is 279 g/mol. The molecule has 0 bridgehead atoms. The molecule has 2 aliphatic rings. The molecule has 2 heterocycles. The SMILES string of the molecule is Fc1ccc(O[C@H](C2CCOCC2)C2CCNC2)cc1. The highest BCUT2D eigenvalue weighted by molar-refractivity contribution is 5.22. The van der Waals surface area contributed by atoms with E-state index >= 15 is 0 Å². The summed E-state index contributed by atoms with van der Waals surface area (Å²) in [6.45, 7) is 3.74. The Morgan fingerprint density at radius 3 is 2.50 bits per heavy atom. The summed E-state index contributed by atoms with van der Waals surface area (Å²) in [6.07, 6.45) is 3.48. The molecule has 1 aromatic rings. The zero-order chi connectivity index (χ0) is 13.8. The lowest BCUT2D eigenvalue weighted by atomic mass is 9.85. The first kappa shape index (κ1) is 13.8. The van der Waals surface area contributed by atoms with Gasteiger partial charge in [-0.3, -0.25) is 0 Å². The van der Waals surface area contributed by atoms with Crippen LogP contribution in [0.15, 0.2) is 24.3 Å². The summed E-state index contributed by atoms with van der Waals surface area (Å²) in [7, 11) is 0. The van der Waals surface area contributed by atoms with E-state index in [-0.39, 0.29) is 11.9 Å². The van der Waals surface area contributed by atoms with Crippen molar-refractivity contribution in [1.29, 1.82) is 0 Å². The van der Waals surface area contributed by atoms with Crippen molar-refractivity contribution in [2.24, 2.45) is 11.8 Å². The highest BCUT2D eigenvalue weighted by atomic mass is 19.1. The fourth-order valence-electron chi connectivity index (χ4n) is 3.25. The molecule has 0 radical (unpaired) electrons. The molecule has 2 atom stereocenters. The second kappa shape index (κ2) is 6.55. The van der Waals surface area contributed by atoms with Gasteiger partial charge in [0.05, 0.1) is 0 Å². The molecule has 2 fully saturated rings. The van der Waals surface area contributed by atoms with Crippen LogP contribution >= 0.6 is 0 Å². The number of hydrogen-bond donors (Lipinski definition) is 1. The predicted molar refractivity (Wildman–Crippen MR) is 75.3 cm³/mol. The van der Waals surface area contributed by atoms with Gasteiger partial charge < -0.3 is 14.8 Å². The summed E-state index contributed by atoms with van der Waals surface area (Å²) in [5.41, 5.74) is 0. The maximum absolute atomic E-state index is 13.0. The third kappa shape index (κ3) is 3.30. The van der Waals surface area contributed by atoms with Crippen LogP contribution in [0.2, 0.25) is 0 Å². The number of nitrogens with one attached hydrogen (secondary N) is 1. The van der Waals surface area contributed by atoms with Gasteiger partial charge in [-0.15, -0.1) is 0 Å². The van der Waals surface area contributed by atoms with Gasteiger partial charge in [0.25, 0.3) is 0 Å². The molecule has 0 saturated carbocycles. The first-order valence-electron chi connectivity index (χ1n) is 7.53. The van der Waals surface area contributed by atoms with Gasteiger partial charge in [0, 0.05) is 31.6 Å². The lowest BCUT2D eigenvalue weighted by Crippen LogP contribution is -2.38. The molecule has 2 aliphatic heterocycles. The smallest absolute Gasteiger partial charge is 0.123 e. The Kier molecular flexibility index (Phi) is 4.53. The Morgan fingerprint density at radius 2 is 1.85 bits per heavy atom. The number of ether oxygens (including phenoxy) is 2. The Balaban J connectivity index is 1.71. The molecule has 1 N–H and O–H groups in total. The van der Waals surface area contributed by atoms with Crippen molar-refractivity contribution in [1.82, 2.24) is 5.32 Å². The van der Waals surface area contributed by atoms with Gasteiger partial charge in [0.15, 0.2) is 0 Å². The van der Waals surface area contributed by atoms with Crippen molar-refractivity contribution in [3.05, 3.63) is 30.1 Å². The molecule has 0 spiro atoms. The minimum absolute atomic E-state index is 0.208. The van der Waals surface area contributed by atoms with E-state index in [2.05, 4.69) is 5.32 Å². The van der Waals surface area contributed by atoms with Crippen molar-refractivity contribution in [2.75, 3.05) is 26.3 Å². The molecule has 4 heteroatoms. The Labute approximate surface area is 119 Å². The van der Waals surface area contributed by atoms with Crippen LogP contribution < -0.4 is 10.1 Å². The van der Waals surface area contributed by atoms with E-state index in [1.807, 2.05) is 0 Å². The van der Waals surface area contributed by atoms with Crippen molar-refractivity contribution < 1.29 is 13.9 Å². The first-order valence-corrected chi connectivity index (χ1v) is 7.53. The van der Waals surface area contributed by atoms with Crippen molar-refractivity contribution in [2.45, 2.75) is 25.4 Å². The van der Waals surface area contributed by atoms with E-state index in [0.29, 0.717) is 11.8 Å². The molecule has 3 rings (SSSR count). The molecular formula is C16H22FNO2. The molecule has 110 valence electrons. The zero-order valence-electron chi connectivity index (χ0n) is 11.7. The fourth-order valence-corrected chi connectivity index (χ4v) is 3.25. The van der Waals surface area contributed by atoms with Crippen LogP contribution in [0.3, 0.4) is 0 Å². The largest absolute Gasteiger partial charge is 0.490 e. The summed E-state index contributed by atoms with van der Waals surface area (Å²) in [5.74, 6) is 1.64.